The Balaban J connectivity index is 0.00000144. The van der Waals surface area contributed by atoms with E-state index in [4.69, 9.17) is 0 Å². The Hall–Kier alpha value is 0.300. The second-order valence-electron chi connectivity index (χ2n) is 4.40. The highest BCUT2D eigenvalue weighted by Gasteiger charge is 2.18. The number of thioether (sulfide) groups is 1. The van der Waals surface area contributed by atoms with Gasteiger partial charge in [0, 0.05) is 21.2 Å². The van der Waals surface area contributed by atoms with Gasteiger partial charge in [0.15, 0.2) is 0 Å². The Kier molecular flexibility index (Phi) is 6.93. The molecule has 1 nitrogen and oxygen atoms in total. The molecule has 1 aliphatic heterocycles. The van der Waals surface area contributed by atoms with Crippen LogP contribution < -0.4 is 0 Å². The first-order valence-electron chi connectivity index (χ1n) is 5.84. The molecule has 0 bridgehead atoms. The minimum absolute atomic E-state index is 0. The van der Waals surface area contributed by atoms with Gasteiger partial charge in [-0.05, 0) is 50.7 Å². The van der Waals surface area contributed by atoms with Gasteiger partial charge < -0.3 is 4.90 Å². The van der Waals surface area contributed by atoms with E-state index >= 15 is 0 Å². The van der Waals surface area contributed by atoms with Crippen LogP contribution in [0.5, 0.6) is 0 Å². The SMILES string of the molecule is CN1CCCCC1CSc1ccc(Br)cc1.Cl. The minimum Gasteiger partial charge on any atom is -0.303 e. The van der Waals surface area contributed by atoms with Gasteiger partial charge in [-0.3, -0.25) is 0 Å². The number of nitrogens with zero attached hydrogens (tertiary/aromatic N) is 1. The number of likely N-dealkylation sites (tertiary alicyclic amines) is 1. The summed E-state index contributed by atoms with van der Waals surface area (Å²) in [6.07, 6.45) is 4.13. The van der Waals surface area contributed by atoms with Crippen LogP contribution in [0.15, 0.2) is 33.6 Å². The molecule has 1 fully saturated rings. The third kappa shape index (κ3) is 4.82. The maximum absolute atomic E-state index is 3.47. The van der Waals surface area contributed by atoms with E-state index < -0.39 is 0 Å². The second-order valence-corrected chi connectivity index (χ2v) is 6.40. The van der Waals surface area contributed by atoms with Crippen LogP contribution in [0, 0.1) is 0 Å². The number of hydrogen-bond donors (Lipinski definition) is 0. The van der Waals surface area contributed by atoms with Crippen molar-refractivity contribution < 1.29 is 0 Å². The van der Waals surface area contributed by atoms with Crippen LogP contribution in [-0.2, 0) is 0 Å². The quantitative estimate of drug-likeness (QED) is 0.750. The van der Waals surface area contributed by atoms with Gasteiger partial charge in [0.25, 0.3) is 0 Å². The molecule has 17 heavy (non-hydrogen) atoms. The van der Waals surface area contributed by atoms with Gasteiger partial charge in [0.05, 0.1) is 0 Å². The zero-order valence-electron chi connectivity index (χ0n) is 10.1. The monoisotopic (exact) mass is 335 g/mol. The van der Waals surface area contributed by atoms with Crippen LogP contribution in [0.25, 0.3) is 0 Å². The highest BCUT2D eigenvalue weighted by molar-refractivity contribution is 9.10. The standard InChI is InChI=1S/C13H18BrNS.ClH/c1-15-9-3-2-4-12(15)10-16-13-7-5-11(14)6-8-13;/h5-8,12H,2-4,9-10H2,1H3;1H. The van der Waals surface area contributed by atoms with Gasteiger partial charge in [-0.15, -0.1) is 24.2 Å². The zero-order chi connectivity index (χ0) is 11.4. The summed E-state index contributed by atoms with van der Waals surface area (Å²) in [4.78, 5) is 3.89. The largest absolute Gasteiger partial charge is 0.303 e. The first kappa shape index (κ1) is 15.4. The lowest BCUT2D eigenvalue weighted by molar-refractivity contribution is 0.204. The predicted octanol–water partition coefficient (Wildman–Crippen LogP) is 4.45. The van der Waals surface area contributed by atoms with Crippen molar-refractivity contribution in [3.05, 3.63) is 28.7 Å². The summed E-state index contributed by atoms with van der Waals surface area (Å²) in [5.41, 5.74) is 0. The molecule has 1 atom stereocenters. The Morgan fingerprint density at radius 3 is 2.65 bits per heavy atom. The van der Waals surface area contributed by atoms with Crippen molar-refractivity contribution in [2.45, 2.75) is 30.2 Å². The van der Waals surface area contributed by atoms with E-state index in [1.54, 1.807) is 0 Å². The van der Waals surface area contributed by atoms with Crippen LogP contribution in [-0.4, -0.2) is 30.3 Å². The first-order chi connectivity index (χ1) is 7.75. The number of rotatable bonds is 3. The van der Waals surface area contributed by atoms with Crippen LogP contribution in [0.4, 0.5) is 0 Å². The summed E-state index contributed by atoms with van der Waals surface area (Å²) in [6.45, 7) is 1.27. The number of halogens is 2. The van der Waals surface area contributed by atoms with Crippen LogP contribution in [0.2, 0.25) is 0 Å². The Morgan fingerprint density at radius 2 is 2.00 bits per heavy atom. The number of benzene rings is 1. The van der Waals surface area contributed by atoms with Gasteiger partial charge in [0.2, 0.25) is 0 Å². The van der Waals surface area contributed by atoms with E-state index in [-0.39, 0.29) is 12.4 Å². The summed E-state index contributed by atoms with van der Waals surface area (Å²) in [5, 5.41) is 0. The molecule has 0 aromatic heterocycles. The molecule has 4 heteroatoms. The molecular weight excluding hydrogens is 318 g/mol. The molecule has 0 saturated carbocycles. The minimum atomic E-state index is 0. The molecule has 2 rings (SSSR count). The summed E-state index contributed by atoms with van der Waals surface area (Å²) >= 11 is 5.44. The molecule has 0 radical (unpaired) electrons. The fourth-order valence-corrected chi connectivity index (χ4v) is 3.48. The van der Waals surface area contributed by atoms with E-state index in [2.05, 4.69) is 52.1 Å². The van der Waals surface area contributed by atoms with E-state index in [0.29, 0.717) is 0 Å². The smallest absolute Gasteiger partial charge is 0.0186 e. The lowest BCUT2D eigenvalue weighted by Crippen LogP contribution is -2.37. The summed E-state index contributed by atoms with van der Waals surface area (Å²) in [6, 6.07) is 9.39. The van der Waals surface area contributed by atoms with Gasteiger partial charge in [0.1, 0.15) is 0 Å². The third-order valence-corrected chi connectivity index (χ3v) is 4.86. The molecule has 1 aliphatic rings. The Labute approximate surface area is 123 Å². The average Bonchev–Trinajstić information content (AvgIpc) is 2.30. The van der Waals surface area contributed by atoms with E-state index in [9.17, 15) is 0 Å². The lowest BCUT2D eigenvalue weighted by Gasteiger charge is -2.32. The van der Waals surface area contributed by atoms with E-state index in [0.717, 1.165) is 10.5 Å². The molecule has 1 saturated heterocycles. The van der Waals surface area contributed by atoms with Crippen molar-refractivity contribution in [2.24, 2.45) is 0 Å². The highest BCUT2D eigenvalue weighted by Crippen LogP contribution is 2.25. The van der Waals surface area contributed by atoms with Crippen molar-refractivity contribution in [3.63, 3.8) is 0 Å². The van der Waals surface area contributed by atoms with Gasteiger partial charge >= 0.3 is 0 Å². The molecule has 1 heterocycles. The molecule has 96 valence electrons. The zero-order valence-corrected chi connectivity index (χ0v) is 13.3. The average molecular weight is 337 g/mol. The molecule has 1 unspecified atom stereocenters. The highest BCUT2D eigenvalue weighted by atomic mass is 79.9. The van der Waals surface area contributed by atoms with E-state index in [1.807, 2.05) is 11.8 Å². The van der Waals surface area contributed by atoms with Gasteiger partial charge in [-0.2, -0.15) is 0 Å². The molecule has 0 amide bonds. The van der Waals surface area contributed by atoms with Gasteiger partial charge in [-0.1, -0.05) is 22.4 Å². The summed E-state index contributed by atoms with van der Waals surface area (Å²) in [5.74, 6) is 1.22. The Bertz CT molecular complexity index is 331. The van der Waals surface area contributed by atoms with Crippen LogP contribution in [0.3, 0.4) is 0 Å². The molecule has 1 aromatic carbocycles. The first-order valence-corrected chi connectivity index (χ1v) is 7.62. The lowest BCUT2D eigenvalue weighted by atomic mass is 10.1. The molecule has 1 aromatic rings. The normalized spacial score (nSPS) is 20.9. The maximum Gasteiger partial charge on any atom is 0.0186 e. The fourth-order valence-electron chi connectivity index (χ4n) is 2.08. The van der Waals surface area contributed by atoms with Gasteiger partial charge in [-0.25, -0.2) is 0 Å². The predicted molar refractivity (Wildman–Crippen MR) is 82.4 cm³/mol. The second kappa shape index (κ2) is 7.67. The van der Waals surface area contributed by atoms with Crippen molar-refractivity contribution in [1.29, 1.82) is 0 Å². The van der Waals surface area contributed by atoms with Crippen LogP contribution in [0.1, 0.15) is 19.3 Å². The van der Waals surface area contributed by atoms with Crippen molar-refractivity contribution >= 4 is 40.1 Å². The molecule has 0 spiro atoms. The van der Waals surface area contributed by atoms with Crippen molar-refractivity contribution in [1.82, 2.24) is 4.90 Å². The number of piperidine rings is 1. The summed E-state index contributed by atoms with van der Waals surface area (Å²) in [7, 11) is 2.26. The van der Waals surface area contributed by atoms with Crippen LogP contribution >= 0.6 is 40.1 Å². The molecule has 0 aliphatic carbocycles. The molecule has 0 N–H and O–H groups in total. The Morgan fingerprint density at radius 1 is 1.29 bits per heavy atom. The number of hydrogen-bond acceptors (Lipinski definition) is 2. The third-order valence-electron chi connectivity index (χ3n) is 3.18. The maximum atomic E-state index is 3.47. The van der Waals surface area contributed by atoms with Crippen molar-refractivity contribution in [3.8, 4) is 0 Å². The van der Waals surface area contributed by atoms with Crippen molar-refractivity contribution in [2.75, 3.05) is 19.3 Å². The summed E-state index contributed by atoms with van der Waals surface area (Å²) < 4.78 is 1.16. The fraction of sp³-hybridized carbons (Fsp3) is 0.538. The topological polar surface area (TPSA) is 3.24 Å². The van der Waals surface area contributed by atoms with E-state index in [1.165, 1.54) is 36.5 Å². The molecular formula is C13H19BrClNS.